The number of thioether (sulfide) groups is 1. The predicted octanol–water partition coefficient (Wildman–Crippen LogP) is 5.96. The summed E-state index contributed by atoms with van der Waals surface area (Å²) in [5.74, 6) is 0.101. The minimum Gasteiger partial charge on any atom is -0.398 e. The molecule has 0 saturated carbocycles. The molecule has 0 radical (unpaired) electrons. The van der Waals surface area contributed by atoms with Crippen LogP contribution in [0.4, 0.5) is 5.69 Å². The Morgan fingerprint density at radius 3 is 2.57 bits per heavy atom. The largest absolute Gasteiger partial charge is 0.398 e. The number of fused-ring (bicyclic) bond motifs is 4. The van der Waals surface area contributed by atoms with Gasteiger partial charge in [-0.05, 0) is 65.9 Å². The Labute approximate surface area is 265 Å². The van der Waals surface area contributed by atoms with Gasteiger partial charge in [-0.25, -0.2) is 0 Å². The van der Waals surface area contributed by atoms with Gasteiger partial charge in [0.25, 0.3) is 0 Å². The number of likely N-dealkylation sites (tertiary alicyclic amines) is 1. The number of amides is 3. The fourth-order valence-electron chi connectivity index (χ4n) is 7.24. The van der Waals surface area contributed by atoms with Crippen molar-refractivity contribution in [1.29, 1.82) is 0 Å². The smallest absolute Gasteiger partial charge is 0.237 e. The molecule has 7 nitrogen and oxygen atoms in total. The Kier molecular flexibility index (Phi) is 8.40. The van der Waals surface area contributed by atoms with Crippen LogP contribution in [0.15, 0.2) is 66.3 Å². The molecule has 2 unspecified atom stereocenters. The normalized spacial score (nSPS) is 23.3. The number of hydrogen-bond donors (Lipinski definition) is 1. The SMILES string of the molecule is CC(C)(C)CCN1C(=O)C(CC(=O)N2CCC(N(C=O)Cc3ccccc3N)CC2)SC12C1=C(C=CCC1)c1ccccc12. The van der Waals surface area contributed by atoms with Gasteiger partial charge in [-0.2, -0.15) is 0 Å². The molecule has 44 heavy (non-hydrogen) atoms. The Bertz CT molecular complexity index is 1500. The highest BCUT2D eigenvalue weighted by Crippen LogP contribution is 2.62. The fourth-order valence-corrected chi connectivity index (χ4v) is 9.08. The van der Waals surface area contributed by atoms with Gasteiger partial charge in [0.1, 0.15) is 4.87 Å². The molecule has 0 aromatic heterocycles. The summed E-state index contributed by atoms with van der Waals surface area (Å²) in [6.45, 7) is 8.92. The van der Waals surface area contributed by atoms with E-state index in [1.54, 1.807) is 11.8 Å². The molecule has 1 spiro atoms. The topological polar surface area (TPSA) is 87.0 Å². The second-order valence-corrected chi connectivity index (χ2v) is 15.1. The maximum Gasteiger partial charge on any atom is 0.237 e. The monoisotopic (exact) mass is 612 g/mol. The molecule has 2 saturated heterocycles. The van der Waals surface area contributed by atoms with Crippen molar-refractivity contribution in [3.8, 4) is 0 Å². The van der Waals surface area contributed by atoms with E-state index in [1.165, 1.54) is 22.3 Å². The number of nitrogens with zero attached hydrogens (tertiary/aromatic N) is 3. The van der Waals surface area contributed by atoms with Crippen molar-refractivity contribution in [2.75, 3.05) is 25.4 Å². The zero-order chi connectivity index (χ0) is 31.1. The molecule has 2 atom stereocenters. The summed E-state index contributed by atoms with van der Waals surface area (Å²) in [5, 5.41) is -0.432. The number of piperidine rings is 1. The highest BCUT2D eigenvalue weighted by Gasteiger charge is 2.59. The van der Waals surface area contributed by atoms with E-state index in [9.17, 15) is 14.4 Å². The second kappa shape index (κ2) is 12.1. The molecule has 2 aliphatic heterocycles. The molecule has 8 heteroatoms. The van der Waals surface area contributed by atoms with Gasteiger partial charge < -0.3 is 20.4 Å². The van der Waals surface area contributed by atoms with E-state index in [1.807, 2.05) is 34.1 Å². The van der Waals surface area contributed by atoms with Crippen molar-refractivity contribution in [3.05, 3.63) is 82.9 Å². The van der Waals surface area contributed by atoms with E-state index in [2.05, 4.69) is 62.1 Å². The van der Waals surface area contributed by atoms with Gasteiger partial charge in [0, 0.05) is 49.9 Å². The third-order valence-corrected chi connectivity index (χ3v) is 11.4. The number of anilines is 1. The first kappa shape index (κ1) is 30.5. The number of rotatable bonds is 8. The van der Waals surface area contributed by atoms with Crippen molar-refractivity contribution in [2.24, 2.45) is 5.41 Å². The van der Waals surface area contributed by atoms with E-state index < -0.39 is 10.1 Å². The lowest BCUT2D eigenvalue weighted by molar-refractivity contribution is -0.138. The molecule has 2 aromatic carbocycles. The average molecular weight is 613 g/mol. The van der Waals surface area contributed by atoms with Crippen molar-refractivity contribution < 1.29 is 14.4 Å². The Morgan fingerprint density at radius 1 is 1.11 bits per heavy atom. The molecule has 0 bridgehead atoms. The zero-order valence-corrected chi connectivity index (χ0v) is 26.9. The molecule has 4 aliphatic rings. The Morgan fingerprint density at radius 2 is 1.84 bits per heavy atom. The molecule has 2 N–H and O–H groups in total. The van der Waals surface area contributed by atoms with Crippen molar-refractivity contribution in [2.45, 2.75) is 82.0 Å². The molecule has 2 heterocycles. The van der Waals surface area contributed by atoms with Crippen LogP contribution in [0.3, 0.4) is 0 Å². The van der Waals surface area contributed by atoms with Crippen LogP contribution in [-0.2, 0) is 25.8 Å². The van der Waals surface area contributed by atoms with Crippen LogP contribution in [0.2, 0.25) is 0 Å². The van der Waals surface area contributed by atoms with Crippen LogP contribution in [0.5, 0.6) is 0 Å². The number of para-hydroxylation sites is 1. The summed E-state index contributed by atoms with van der Waals surface area (Å²) in [5.41, 5.74) is 12.8. The van der Waals surface area contributed by atoms with Crippen LogP contribution < -0.4 is 5.73 Å². The van der Waals surface area contributed by atoms with Crippen LogP contribution in [0, 0.1) is 5.41 Å². The molecule has 6 rings (SSSR count). The molecule has 232 valence electrons. The lowest BCUT2D eigenvalue weighted by Crippen LogP contribution is -2.47. The molecule has 2 aromatic rings. The zero-order valence-electron chi connectivity index (χ0n) is 26.1. The third-order valence-electron chi connectivity index (χ3n) is 9.67. The third kappa shape index (κ3) is 5.57. The molecule has 2 aliphatic carbocycles. The van der Waals surface area contributed by atoms with Gasteiger partial charge in [-0.1, -0.05) is 75.4 Å². The molecule has 3 amide bonds. The predicted molar refractivity (Wildman–Crippen MR) is 177 cm³/mol. The Balaban J connectivity index is 1.18. The number of carbonyl (C=O) groups excluding carboxylic acids is 3. The number of nitrogens with two attached hydrogens (primary N) is 1. The van der Waals surface area contributed by atoms with Gasteiger partial charge in [-0.15, -0.1) is 11.8 Å². The lowest BCUT2D eigenvalue weighted by atomic mass is 9.90. The summed E-state index contributed by atoms with van der Waals surface area (Å²) < 4.78 is 0. The minimum absolute atomic E-state index is 0.0242. The van der Waals surface area contributed by atoms with Gasteiger partial charge >= 0.3 is 0 Å². The summed E-state index contributed by atoms with van der Waals surface area (Å²) in [4.78, 5) is 45.3. The quantitative estimate of drug-likeness (QED) is 0.294. The summed E-state index contributed by atoms with van der Waals surface area (Å²) in [7, 11) is 0. The summed E-state index contributed by atoms with van der Waals surface area (Å²) in [6.07, 6.45) is 9.75. The standard InChI is InChI=1S/C36H44N4O3S/c1-35(2,3)18-21-40-34(43)32(44-36(40)29-13-7-5-11-27(29)28-12-6-8-14-30(28)36)22-33(42)38-19-16-26(17-20-38)39(24-41)23-25-10-4-9-15-31(25)37/h4-7,9-13,15,24,26,32H,8,14,16-23,37H2,1-3H3. The minimum atomic E-state index is -0.555. The number of benzene rings is 2. The van der Waals surface area contributed by atoms with Crippen molar-refractivity contribution >= 4 is 41.2 Å². The molecular weight excluding hydrogens is 568 g/mol. The van der Waals surface area contributed by atoms with E-state index in [-0.39, 0.29) is 29.7 Å². The second-order valence-electron chi connectivity index (χ2n) is 13.7. The maximum absolute atomic E-state index is 14.3. The van der Waals surface area contributed by atoms with E-state index in [0.717, 1.165) is 31.2 Å². The van der Waals surface area contributed by atoms with Crippen LogP contribution in [-0.4, -0.2) is 63.9 Å². The van der Waals surface area contributed by atoms with Gasteiger partial charge in [0.2, 0.25) is 18.2 Å². The highest BCUT2D eigenvalue weighted by atomic mass is 32.2. The number of allylic oxidation sites excluding steroid dienone is 3. The van der Waals surface area contributed by atoms with E-state index in [4.69, 9.17) is 5.73 Å². The van der Waals surface area contributed by atoms with Crippen LogP contribution in [0.1, 0.15) is 76.0 Å². The summed E-state index contributed by atoms with van der Waals surface area (Å²) >= 11 is 1.69. The average Bonchev–Trinajstić information content (AvgIpc) is 3.46. The fraction of sp³-hybridized carbons (Fsp3) is 0.472. The molecular formula is C36H44N4O3S. The van der Waals surface area contributed by atoms with E-state index >= 15 is 0 Å². The highest BCUT2D eigenvalue weighted by molar-refractivity contribution is 8.02. The van der Waals surface area contributed by atoms with E-state index in [0.29, 0.717) is 44.7 Å². The van der Waals surface area contributed by atoms with Gasteiger partial charge in [0.15, 0.2) is 0 Å². The van der Waals surface area contributed by atoms with Crippen LogP contribution in [0.25, 0.3) is 5.57 Å². The van der Waals surface area contributed by atoms with Crippen molar-refractivity contribution in [3.63, 3.8) is 0 Å². The lowest BCUT2D eigenvalue weighted by Gasteiger charge is -2.39. The number of carbonyl (C=O) groups is 3. The number of hydrogen-bond acceptors (Lipinski definition) is 5. The first-order chi connectivity index (χ1) is 21.1. The van der Waals surface area contributed by atoms with Crippen LogP contribution >= 0.6 is 11.8 Å². The first-order valence-electron chi connectivity index (χ1n) is 15.9. The first-order valence-corrected chi connectivity index (χ1v) is 16.8. The molecule has 2 fully saturated rings. The van der Waals surface area contributed by atoms with Gasteiger partial charge in [0.05, 0.1) is 5.25 Å². The van der Waals surface area contributed by atoms with Crippen molar-refractivity contribution in [1.82, 2.24) is 14.7 Å². The maximum atomic E-state index is 14.3. The number of nitrogen functional groups attached to an aromatic ring is 1. The van der Waals surface area contributed by atoms with Gasteiger partial charge in [-0.3, -0.25) is 14.4 Å². The Hall–Kier alpha value is -3.52. The summed E-state index contributed by atoms with van der Waals surface area (Å²) in [6, 6.07) is 16.2.